The van der Waals surface area contributed by atoms with Crippen molar-refractivity contribution in [3.63, 3.8) is 0 Å². The molecule has 0 amide bonds. The Kier molecular flexibility index (Phi) is 3.50. The van der Waals surface area contributed by atoms with E-state index in [0.29, 0.717) is 13.2 Å². The standard InChI is InChI=1S/C9H18O3/c1-4-11-8(12-5-2)9(10-3)6-7-9/h8H,4-7H2,1-3H3. The summed E-state index contributed by atoms with van der Waals surface area (Å²) >= 11 is 0. The predicted molar refractivity (Wildman–Crippen MR) is 46.0 cm³/mol. The van der Waals surface area contributed by atoms with Gasteiger partial charge in [0.25, 0.3) is 0 Å². The minimum absolute atomic E-state index is 0.133. The van der Waals surface area contributed by atoms with Gasteiger partial charge in [-0.2, -0.15) is 0 Å². The van der Waals surface area contributed by atoms with Crippen molar-refractivity contribution in [2.45, 2.75) is 38.6 Å². The van der Waals surface area contributed by atoms with E-state index in [4.69, 9.17) is 14.2 Å². The normalized spacial score (nSPS) is 20.0. The Bertz CT molecular complexity index is 126. The van der Waals surface area contributed by atoms with Gasteiger partial charge in [-0.05, 0) is 26.7 Å². The summed E-state index contributed by atoms with van der Waals surface area (Å²) in [4.78, 5) is 0. The lowest BCUT2D eigenvalue weighted by Gasteiger charge is -2.24. The topological polar surface area (TPSA) is 27.7 Å². The Balaban J connectivity index is 2.41. The number of methoxy groups -OCH3 is 1. The zero-order valence-corrected chi connectivity index (χ0v) is 8.13. The van der Waals surface area contributed by atoms with Gasteiger partial charge in [0.2, 0.25) is 0 Å². The zero-order chi connectivity index (χ0) is 9.03. The Morgan fingerprint density at radius 2 is 1.67 bits per heavy atom. The molecular weight excluding hydrogens is 156 g/mol. The quantitative estimate of drug-likeness (QED) is 0.572. The summed E-state index contributed by atoms with van der Waals surface area (Å²) in [6.07, 6.45) is 1.93. The maximum Gasteiger partial charge on any atom is 0.186 e. The average Bonchev–Trinajstić information content (AvgIpc) is 2.85. The molecule has 0 atom stereocenters. The predicted octanol–water partition coefficient (Wildman–Crippen LogP) is 1.56. The van der Waals surface area contributed by atoms with E-state index in [9.17, 15) is 0 Å². The molecule has 1 aliphatic rings. The van der Waals surface area contributed by atoms with E-state index < -0.39 is 0 Å². The zero-order valence-electron chi connectivity index (χ0n) is 8.13. The molecule has 1 saturated carbocycles. The molecule has 0 bridgehead atoms. The first-order valence-corrected chi connectivity index (χ1v) is 4.57. The molecule has 0 saturated heterocycles. The molecular formula is C9H18O3. The van der Waals surface area contributed by atoms with E-state index >= 15 is 0 Å². The van der Waals surface area contributed by atoms with Gasteiger partial charge in [0.15, 0.2) is 6.29 Å². The molecule has 0 aliphatic heterocycles. The van der Waals surface area contributed by atoms with Crippen molar-refractivity contribution < 1.29 is 14.2 Å². The molecule has 1 fully saturated rings. The first kappa shape index (κ1) is 9.96. The molecule has 0 N–H and O–H groups in total. The second-order valence-electron chi connectivity index (χ2n) is 3.01. The van der Waals surface area contributed by atoms with Gasteiger partial charge in [0, 0.05) is 20.3 Å². The molecule has 72 valence electrons. The molecule has 0 unspecified atom stereocenters. The van der Waals surface area contributed by atoms with Gasteiger partial charge in [0.05, 0.1) is 0 Å². The molecule has 1 aliphatic carbocycles. The van der Waals surface area contributed by atoms with Crippen molar-refractivity contribution in [3.05, 3.63) is 0 Å². The van der Waals surface area contributed by atoms with E-state index in [1.54, 1.807) is 7.11 Å². The van der Waals surface area contributed by atoms with E-state index in [-0.39, 0.29) is 11.9 Å². The summed E-state index contributed by atoms with van der Waals surface area (Å²) in [6, 6.07) is 0. The first-order chi connectivity index (χ1) is 5.79. The van der Waals surface area contributed by atoms with Crippen LogP contribution in [0.5, 0.6) is 0 Å². The second kappa shape index (κ2) is 4.21. The summed E-state index contributed by atoms with van der Waals surface area (Å²) in [7, 11) is 1.72. The van der Waals surface area contributed by atoms with Crippen molar-refractivity contribution in [3.8, 4) is 0 Å². The molecule has 0 aromatic rings. The van der Waals surface area contributed by atoms with Gasteiger partial charge < -0.3 is 14.2 Å². The van der Waals surface area contributed by atoms with Crippen molar-refractivity contribution in [1.82, 2.24) is 0 Å². The van der Waals surface area contributed by atoms with Crippen LogP contribution in [-0.4, -0.2) is 32.2 Å². The van der Waals surface area contributed by atoms with Crippen LogP contribution in [0.25, 0.3) is 0 Å². The molecule has 3 nitrogen and oxygen atoms in total. The monoisotopic (exact) mass is 174 g/mol. The van der Waals surface area contributed by atoms with Crippen LogP contribution in [0.15, 0.2) is 0 Å². The van der Waals surface area contributed by atoms with Crippen molar-refractivity contribution in [2.24, 2.45) is 0 Å². The molecule has 0 radical (unpaired) electrons. The van der Waals surface area contributed by atoms with E-state index in [1.165, 1.54) is 0 Å². The van der Waals surface area contributed by atoms with Gasteiger partial charge >= 0.3 is 0 Å². The van der Waals surface area contributed by atoms with E-state index in [1.807, 2.05) is 13.8 Å². The van der Waals surface area contributed by atoms with Crippen LogP contribution in [0.3, 0.4) is 0 Å². The van der Waals surface area contributed by atoms with E-state index in [0.717, 1.165) is 12.8 Å². The Morgan fingerprint density at radius 3 is 1.92 bits per heavy atom. The number of rotatable bonds is 6. The van der Waals surface area contributed by atoms with Crippen LogP contribution in [0.2, 0.25) is 0 Å². The fraction of sp³-hybridized carbons (Fsp3) is 1.00. The van der Waals surface area contributed by atoms with Crippen molar-refractivity contribution in [1.29, 1.82) is 0 Å². The largest absolute Gasteiger partial charge is 0.373 e. The second-order valence-corrected chi connectivity index (χ2v) is 3.01. The minimum atomic E-state index is -0.169. The summed E-state index contributed by atoms with van der Waals surface area (Å²) in [5, 5.41) is 0. The highest BCUT2D eigenvalue weighted by atomic mass is 16.7. The highest BCUT2D eigenvalue weighted by Crippen LogP contribution is 2.43. The van der Waals surface area contributed by atoms with Gasteiger partial charge in [-0.15, -0.1) is 0 Å². The smallest absolute Gasteiger partial charge is 0.186 e. The van der Waals surface area contributed by atoms with Gasteiger partial charge in [-0.1, -0.05) is 0 Å². The third-order valence-corrected chi connectivity index (χ3v) is 2.21. The Morgan fingerprint density at radius 1 is 1.17 bits per heavy atom. The molecule has 1 rings (SSSR count). The molecule has 0 aromatic heterocycles. The van der Waals surface area contributed by atoms with Crippen LogP contribution >= 0.6 is 0 Å². The van der Waals surface area contributed by atoms with Gasteiger partial charge in [-0.25, -0.2) is 0 Å². The third-order valence-electron chi connectivity index (χ3n) is 2.21. The fourth-order valence-electron chi connectivity index (χ4n) is 1.31. The number of hydrogen-bond acceptors (Lipinski definition) is 3. The maximum atomic E-state index is 5.45. The summed E-state index contributed by atoms with van der Waals surface area (Å²) in [5.41, 5.74) is -0.133. The van der Waals surface area contributed by atoms with Gasteiger partial charge in [-0.3, -0.25) is 0 Å². The third kappa shape index (κ3) is 1.97. The number of hydrogen-bond donors (Lipinski definition) is 0. The molecule has 0 heterocycles. The van der Waals surface area contributed by atoms with Crippen LogP contribution < -0.4 is 0 Å². The number of ether oxygens (including phenoxy) is 3. The lowest BCUT2D eigenvalue weighted by molar-refractivity contribution is -0.208. The maximum absolute atomic E-state index is 5.45. The summed E-state index contributed by atoms with van der Waals surface area (Å²) in [6.45, 7) is 5.29. The highest BCUT2D eigenvalue weighted by molar-refractivity contribution is 4.98. The Hall–Kier alpha value is -0.120. The first-order valence-electron chi connectivity index (χ1n) is 4.57. The lowest BCUT2D eigenvalue weighted by Crippen LogP contribution is -2.35. The van der Waals surface area contributed by atoms with Crippen LogP contribution in [0.4, 0.5) is 0 Å². The summed E-state index contributed by atoms with van der Waals surface area (Å²) < 4.78 is 16.3. The minimum Gasteiger partial charge on any atom is -0.373 e. The van der Waals surface area contributed by atoms with Crippen LogP contribution in [0, 0.1) is 0 Å². The van der Waals surface area contributed by atoms with Crippen molar-refractivity contribution in [2.75, 3.05) is 20.3 Å². The van der Waals surface area contributed by atoms with E-state index in [2.05, 4.69) is 0 Å². The average molecular weight is 174 g/mol. The molecule has 0 spiro atoms. The lowest BCUT2D eigenvalue weighted by atomic mass is 10.3. The van der Waals surface area contributed by atoms with Crippen molar-refractivity contribution >= 4 is 0 Å². The molecule has 3 heteroatoms. The SMILES string of the molecule is CCOC(OCC)C1(OC)CC1. The highest BCUT2D eigenvalue weighted by Gasteiger charge is 2.51. The van der Waals surface area contributed by atoms with Gasteiger partial charge in [0.1, 0.15) is 5.60 Å². The van der Waals surface area contributed by atoms with Crippen LogP contribution in [0.1, 0.15) is 26.7 Å². The van der Waals surface area contributed by atoms with Crippen LogP contribution in [-0.2, 0) is 14.2 Å². The fourth-order valence-corrected chi connectivity index (χ4v) is 1.31. The molecule has 12 heavy (non-hydrogen) atoms. The molecule has 0 aromatic carbocycles. The summed E-state index contributed by atoms with van der Waals surface area (Å²) in [5.74, 6) is 0. The Labute approximate surface area is 74.0 Å².